The summed E-state index contributed by atoms with van der Waals surface area (Å²) in [6.45, 7) is -0.640. The highest BCUT2D eigenvalue weighted by Gasteiger charge is 2.29. The van der Waals surface area contributed by atoms with Gasteiger partial charge in [0.15, 0.2) is 0 Å². The Morgan fingerprint density at radius 3 is 2.79 bits per heavy atom. The first-order valence-electron chi connectivity index (χ1n) is 9.04. The van der Waals surface area contributed by atoms with Crippen molar-refractivity contribution in [1.29, 1.82) is 0 Å². The van der Waals surface area contributed by atoms with Crippen LogP contribution in [-0.4, -0.2) is 34.7 Å². The lowest BCUT2D eigenvalue weighted by Gasteiger charge is -2.09. The van der Waals surface area contributed by atoms with E-state index < -0.39 is 6.67 Å². The SMILES string of the molecule is O=C(Nc1cc(Oc2ccc3c(ccn3C(=O)NCCF)c2)ccn1)C1CC1. The number of carbonyl (C=O) groups excluding carboxylic acids is 2. The molecule has 2 N–H and O–H groups in total. The number of carbonyl (C=O) groups is 2. The molecule has 0 radical (unpaired) electrons. The van der Waals surface area contributed by atoms with Gasteiger partial charge in [-0.25, -0.2) is 14.2 Å². The summed E-state index contributed by atoms with van der Waals surface area (Å²) < 4.78 is 19.5. The van der Waals surface area contributed by atoms with E-state index in [9.17, 15) is 14.0 Å². The predicted octanol–water partition coefficient (Wildman–Crippen LogP) is 3.70. The van der Waals surface area contributed by atoms with Crippen LogP contribution < -0.4 is 15.4 Å². The molecule has 2 aromatic heterocycles. The van der Waals surface area contributed by atoms with Crippen molar-refractivity contribution >= 4 is 28.7 Å². The Kier molecular flexibility index (Phi) is 4.92. The van der Waals surface area contributed by atoms with Crippen molar-refractivity contribution in [3.05, 3.63) is 48.8 Å². The van der Waals surface area contributed by atoms with Crippen molar-refractivity contribution in [3.63, 3.8) is 0 Å². The van der Waals surface area contributed by atoms with Crippen LogP contribution in [0.25, 0.3) is 10.9 Å². The number of amides is 2. The zero-order chi connectivity index (χ0) is 19.5. The molecule has 1 aliphatic carbocycles. The number of fused-ring (bicyclic) bond motifs is 1. The van der Waals surface area contributed by atoms with Crippen molar-refractivity contribution in [3.8, 4) is 11.5 Å². The largest absolute Gasteiger partial charge is 0.457 e. The number of aromatic nitrogens is 2. The second-order valence-corrected chi connectivity index (χ2v) is 6.57. The molecule has 0 atom stereocenters. The first-order chi connectivity index (χ1) is 13.6. The van der Waals surface area contributed by atoms with Gasteiger partial charge in [-0.1, -0.05) is 0 Å². The molecule has 1 aromatic carbocycles. The second-order valence-electron chi connectivity index (χ2n) is 6.57. The summed E-state index contributed by atoms with van der Waals surface area (Å²) in [6, 6.07) is 10.1. The van der Waals surface area contributed by atoms with Crippen LogP contribution in [0.15, 0.2) is 48.8 Å². The summed E-state index contributed by atoms with van der Waals surface area (Å²) in [5, 5.41) is 6.09. The molecule has 2 amide bonds. The van der Waals surface area contributed by atoms with E-state index in [1.165, 1.54) is 4.57 Å². The smallest absolute Gasteiger partial charge is 0.326 e. The molecule has 7 nitrogen and oxygen atoms in total. The normalized spacial score (nSPS) is 13.3. The van der Waals surface area contributed by atoms with Crippen LogP contribution in [0, 0.1) is 5.92 Å². The van der Waals surface area contributed by atoms with Gasteiger partial charge in [-0.3, -0.25) is 9.36 Å². The number of rotatable bonds is 6. The van der Waals surface area contributed by atoms with Crippen molar-refractivity contribution in [2.75, 3.05) is 18.5 Å². The monoisotopic (exact) mass is 382 g/mol. The van der Waals surface area contributed by atoms with Gasteiger partial charge in [0.25, 0.3) is 0 Å². The summed E-state index contributed by atoms with van der Waals surface area (Å²) >= 11 is 0. The Balaban J connectivity index is 1.49. The van der Waals surface area contributed by atoms with E-state index in [1.54, 1.807) is 48.8 Å². The Morgan fingerprint density at radius 2 is 2.00 bits per heavy atom. The molecule has 0 aliphatic heterocycles. The quantitative estimate of drug-likeness (QED) is 0.681. The molecule has 8 heteroatoms. The van der Waals surface area contributed by atoms with Crippen molar-refractivity contribution in [1.82, 2.24) is 14.9 Å². The Morgan fingerprint density at radius 1 is 1.18 bits per heavy atom. The van der Waals surface area contributed by atoms with Crippen LogP contribution in [0.5, 0.6) is 11.5 Å². The molecular weight excluding hydrogens is 363 g/mol. The molecule has 0 unspecified atom stereocenters. The first-order valence-corrected chi connectivity index (χ1v) is 9.04. The first kappa shape index (κ1) is 18.0. The number of hydrogen-bond acceptors (Lipinski definition) is 4. The number of benzene rings is 1. The number of ether oxygens (including phenoxy) is 1. The third kappa shape index (κ3) is 3.95. The summed E-state index contributed by atoms with van der Waals surface area (Å²) in [5.41, 5.74) is 0.691. The molecule has 1 aliphatic rings. The number of nitrogens with zero attached hydrogens (tertiary/aromatic N) is 2. The Bertz CT molecular complexity index is 1030. The zero-order valence-corrected chi connectivity index (χ0v) is 15.0. The fourth-order valence-electron chi connectivity index (χ4n) is 2.85. The maximum absolute atomic E-state index is 12.2. The number of nitrogens with one attached hydrogen (secondary N) is 2. The lowest BCUT2D eigenvalue weighted by Crippen LogP contribution is -2.29. The minimum absolute atomic E-state index is 0.0153. The second kappa shape index (κ2) is 7.67. The molecule has 0 bridgehead atoms. The van der Waals surface area contributed by atoms with Gasteiger partial charge in [0.1, 0.15) is 24.0 Å². The molecule has 4 rings (SSSR count). The van der Waals surface area contributed by atoms with Crippen LogP contribution in [0.2, 0.25) is 0 Å². The van der Waals surface area contributed by atoms with Gasteiger partial charge < -0.3 is 15.4 Å². The third-order valence-electron chi connectivity index (χ3n) is 4.42. The Hall–Kier alpha value is -3.42. The van der Waals surface area contributed by atoms with Crippen LogP contribution in [0.4, 0.5) is 15.0 Å². The molecule has 3 aromatic rings. The number of halogens is 1. The minimum Gasteiger partial charge on any atom is -0.457 e. The van der Waals surface area contributed by atoms with E-state index in [1.807, 2.05) is 0 Å². The summed E-state index contributed by atoms with van der Waals surface area (Å²) in [6.07, 6.45) is 5.04. The lowest BCUT2D eigenvalue weighted by atomic mass is 10.2. The number of hydrogen-bond donors (Lipinski definition) is 2. The zero-order valence-electron chi connectivity index (χ0n) is 15.0. The fraction of sp³-hybridized carbons (Fsp3) is 0.250. The Labute approximate surface area is 160 Å². The highest BCUT2D eigenvalue weighted by atomic mass is 19.1. The summed E-state index contributed by atoms with van der Waals surface area (Å²) in [7, 11) is 0. The van der Waals surface area contributed by atoms with Crippen LogP contribution in [0.1, 0.15) is 12.8 Å². The standard InChI is InChI=1S/C20H19FN4O3/c21-7-9-23-20(27)25-10-6-14-11-15(3-4-17(14)25)28-16-5-8-22-18(12-16)24-19(26)13-1-2-13/h3-6,8,10-13H,1-2,7,9H2,(H,23,27)(H,22,24,26). The van der Waals surface area contributed by atoms with Gasteiger partial charge >= 0.3 is 6.03 Å². The van der Waals surface area contributed by atoms with E-state index in [0.29, 0.717) is 22.8 Å². The van der Waals surface area contributed by atoms with Gasteiger partial charge in [-0.2, -0.15) is 0 Å². The molecule has 0 saturated heterocycles. The van der Waals surface area contributed by atoms with Crippen LogP contribution >= 0.6 is 0 Å². The molecule has 1 fully saturated rings. The highest BCUT2D eigenvalue weighted by Crippen LogP contribution is 2.31. The molecule has 144 valence electrons. The molecule has 1 saturated carbocycles. The number of alkyl halides is 1. The van der Waals surface area contributed by atoms with Crippen LogP contribution in [-0.2, 0) is 4.79 Å². The average Bonchev–Trinajstić information content (AvgIpc) is 3.46. The topological polar surface area (TPSA) is 85.2 Å². The van der Waals surface area contributed by atoms with Crippen molar-refractivity contribution in [2.45, 2.75) is 12.8 Å². The fourth-order valence-corrected chi connectivity index (χ4v) is 2.85. The summed E-state index contributed by atoms with van der Waals surface area (Å²) in [4.78, 5) is 28.1. The van der Waals surface area contributed by atoms with E-state index >= 15 is 0 Å². The third-order valence-corrected chi connectivity index (χ3v) is 4.42. The molecule has 2 heterocycles. The van der Waals surface area contributed by atoms with Gasteiger partial charge in [0.2, 0.25) is 5.91 Å². The average molecular weight is 382 g/mol. The predicted molar refractivity (Wildman–Crippen MR) is 102 cm³/mol. The van der Waals surface area contributed by atoms with E-state index in [4.69, 9.17) is 4.74 Å². The maximum atomic E-state index is 12.2. The van der Waals surface area contributed by atoms with Crippen LogP contribution in [0.3, 0.4) is 0 Å². The van der Waals surface area contributed by atoms with Gasteiger partial charge in [0, 0.05) is 36.3 Å². The molecular formula is C20H19FN4O3. The minimum atomic E-state index is -0.613. The highest BCUT2D eigenvalue weighted by molar-refractivity contribution is 5.93. The molecule has 28 heavy (non-hydrogen) atoms. The number of anilines is 1. The maximum Gasteiger partial charge on any atom is 0.326 e. The van der Waals surface area contributed by atoms with Gasteiger partial charge in [-0.15, -0.1) is 0 Å². The molecule has 0 spiro atoms. The van der Waals surface area contributed by atoms with E-state index in [-0.39, 0.29) is 24.4 Å². The van der Waals surface area contributed by atoms with E-state index in [0.717, 1.165) is 18.2 Å². The lowest BCUT2D eigenvalue weighted by molar-refractivity contribution is -0.117. The van der Waals surface area contributed by atoms with Gasteiger partial charge in [0.05, 0.1) is 5.52 Å². The van der Waals surface area contributed by atoms with Gasteiger partial charge in [-0.05, 0) is 43.2 Å². The number of pyridine rings is 1. The van der Waals surface area contributed by atoms with Crippen molar-refractivity contribution in [2.24, 2.45) is 5.92 Å². The van der Waals surface area contributed by atoms with Crippen molar-refractivity contribution < 1.29 is 18.7 Å². The van der Waals surface area contributed by atoms with E-state index in [2.05, 4.69) is 15.6 Å². The summed E-state index contributed by atoms with van der Waals surface area (Å²) in [5.74, 6) is 1.66.